The van der Waals surface area contributed by atoms with Crippen molar-refractivity contribution in [3.05, 3.63) is 29.8 Å². The van der Waals surface area contributed by atoms with Gasteiger partial charge in [-0.2, -0.15) is 8.78 Å². The number of carbonyl (C=O) groups is 1. The van der Waals surface area contributed by atoms with Crippen LogP contribution in [0.2, 0.25) is 0 Å². The molecular formula is C15H15F2NO2. The summed E-state index contributed by atoms with van der Waals surface area (Å²) in [5.41, 5.74) is 0.115. The van der Waals surface area contributed by atoms with E-state index in [1.165, 1.54) is 17.0 Å². The zero-order valence-corrected chi connectivity index (χ0v) is 10.9. The van der Waals surface area contributed by atoms with Crippen molar-refractivity contribution in [2.75, 3.05) is 13.1 Å². The van der Waals surface area contributed by atoms with Gasteiger partial charge in [0.1, 0.15) is 5.75 Å². The van der Waals surface area contributed by atoms with E-state index in [4.69, 9.17) is 6.42 Å². The van der Waals surface area contributed by atoms with E-state index in [0.717, 1.165) is 12.8 Å². The maximum absolute atomic E-state index is 12.4. The van der Waals surface area contributed by atoms with Crippen molar-refractivity contribution in [3.63, 3.8) is 0 Å². The van der Waals surface area contributed by atoms with Crippen LogP contribution in [0.25, 0.3) is 0 Å². The Balaban J connectivity index is 2.19. The number of hydrogen-bond acceptors (Lipinski definition) is 2. The molecule has 0 heterocycles. The topological polar surface area (TPSA) is 29.5 Å². The Labute approximate surface area is 116 Å². The SMILES string of the molecule is C#CCN(CC1CC1)C(=O)c1ccccc1OC(F)F. The first-order chi connectivity index (χ1) is 9.61. The van der Waals surface area contributed by atoms with Crippen LogP contribution in [0.4, 0.5) is 8.78 Å². The van der Waals surface area contributed by atoms with Crippen molar-refractivity contribution in [1.82, 2.24) is 4.90 Å². The van der Waals surface area contributed by atoms with Gasteiger partial charge >= 0.3 is 6.61 Å². The maximum Gasteiger partial charge on any atom is 0.387 e. The van der Waals surface area contributed by atoms with Gasteiger partial charge in [0.25, 0.3) is 5.91 Å². The molecule has 1 aliphatic carbocycles. The molecule has 0 aromatic heterocycles. The molecule has 0 radical (unpaired) electrons. The fourth-order valence-electron chi connectivity index (χ4n) is 1.95. The van der Waals surface area contributed by atoms with Crippen molar-refractivity contribution in [1.29, 1.82) is 0 Å². The summed E-state index contributed by atoms with van der Waals surface area (Å²) in [6.45, 7) is -2.24. The Morgan fingerprint density at radius 1 is 1.45 bits per heavy atom. The Morgan fingerprint density at radius 2 is 2.15 bits per heavy atom. The molecule has 2 rings (SSSR count). The Hall–Kier alpha value is -2.09. The molecule has 0 aliphatic heterocycles. The number of hydrogen-bond donors (Lipinski definition) is 0. The number of carbonyl (C=O) groups excluding carboxylic acids is 1. The first-order valence-corrected chi connectivity index (χ1v) is 6.38. The van der Waals surface area contributed by atoms with Crippen LogP contribution >= 0.6 is 0 Å². The van der Waals surface area contributed by atoms with Crippen molar-refractivity contribution < 1.29 is 18.3 Å². The highest BCUT2D eigenvalue weighted by Crippen LogP contribution is 2.31. The van der Waals surface area contributed by atoms with Gasteiger partial charge in [-0.15, -0.1) is 6.42 Å². The molecule has 20 heavy (non-hydrogen) atoms. The lowest BCUT2D eigenvalue weighted by Crippen LogP contribution is -2.33. The molecule has 1 aromatic rings. The second-order valence-electron chi connectivity index (χ2n) is 4.71. The number of ether oxygens (including phenoxy) is 1. The standard InChI is InChI=1S/C15H15F2NO2/c1-2-9-18(10-11-7-8-11)14(19)12-5-3-4-6-13(12)20-15(16)17/h1,3-6,11,15H,7-10H2. The summed E-state index contributed by atoms with van der Waals surface area (Å²) < 4.78 is 29.1. The molecule has 1 amide bonds. The van der Waals surface area contributed by atoms with Crippen LogP contribution < -0.4 is 4.74 Å². The number of alkyl halides is 2. The average Bonchev–Trinajstić information content (AvgIpc) is 3.21. The van der Waals surface area contributed by atoms with Crippen LogP contribution in [0.5, 0.6) is 5.75 Å². The second-order valence-corrected chi connectivity index (χ2v) is 4.71. The van der Waals surface area contributed by atoms with Crippen LogP contribution in [-0.2, 0) is 0 Å². The quantitative estimate of drug-likeness (QED) is 0.749. The van der Waals surface area contributed by atoms with Gasteiger partial charge in [-0.25, -0.2) is 0 Å². The van der Waals surface area contributed by atoms with E-state index in [0.29, 0.717) is 12.5 Å². The molecule has 0 spiro atoms. The number of amides is 1. The number of nitrogens with zero attached hydrogens (tertiary/aromatic N) is 1. The van der Waals surface area contributed by atoms with E-state index >= 15 is 0 Å². The molecule has 1 aliphatic rings. The highest BCUT2D eigenvalue weighted by molar-refractivity contribution is 5.97. The Kier molecular flexibility index (Phi) is 4.57. The van der Waals surface area contributed by atoms with E-state index in [1.54, 1.807) is 12.1 Å². The van der Waals surface area contributed by atoms with E-state index in [2.05, 4.69) is 10.7 Å². The van der Waals surface area contributed by atoms with E-state index in [-0.39, 0.29) is 23.8 Å². The molecule has 0 atom stereocenters. The van der Waals surface area contributed by atoms with Gasteiger partial charge in [0, 0.05) is 6.54 Å². The number of terminal acetylenes is 1. The third-order valence-corrected chi connectivity index (χ3v) is 3.08. The summed E-state index contributed by atoms with van der Waals surface area (Å²) in [7, 11) is 0. The van der Waals surface area contributed by atoms with Crippen LogP contribution in [-0.4, -0.2) is 30.5 Å². The van der Waals surface area contributed by atoms with Crippen molar-refractivity contribution in [2.45, 2.75) is 19.5 Å². The zero-order chi connectivity index (χ0) is 14.5. The van der Waals surface area contributed by atoms with E-state index < -0.39 is 6.61 Å². The summed E-state index contributed by atoms with van der Waals surface area (Å²) in [6.07, 6.45) is 7.41. The predicted octanol–water partition coefficient (Wildman–Crippen LogP) is 2.77. The first-order valence-electron chi connectivity index (χ1n) is 6.38. The number of halogens is 2. The summed E-state index contributed by atoms with van der Waals surface area (Å²) in [6, 6.07) is 5.97. The molecule has 0 saturated heterocycles. The number of rotatable bonds is 6. The Morgan fingerprint density at radius 3 is 2.75 bits per heavy atom. The van der Waals surface area contributed by atoms with E-state index in [1.807, 2.05) is 0 Å². The minimum atomic E-state index is -2.96. The zero-order valence-electron chi connectivity index (χ0n) is 10.9. The second kappa shape index (κ2) is 6.38. The maximum atomic E-state index is 12.4. The smallest absolute Gasteiger partial charge is 0.387 e. The van der Waals surface area contributed by atoms with Gasteiger partial charge < -0.3 is 9.64 Å². The minimum absolute atomic E-state index is 0.115. The predicted molar refractivity (Wildman–Crippen MR) is 70.5 cm³/mol. The molecule has 3 nitrogen and oxygen atoms in total. The lowest BCUT2D eigenvalue weighted by Gasteiger charge is -2.21. The third-order valence-electron chi connectivity index (χ3n) is 3.08. The molecule has 0 bridgehead atoms. The van der Waals surface area contributed by atoms with Gasteiger partial charge in [-0.05, 0) is 30.9 Å². The Bertz CT molecular complexity index is 521. The molecule has 5 heteroatoms. The molecule has 1 saturated carbocycles. The normalized spacial score (nSPS) is 13.9. The summed E-state index contributed by atoms with van der Waals surface area (Å²) >= 11 is 0. The van der Waals surface area contributed by atoms with Crippen LogP contribution in [0, 0.1) is 18.3 Å². The van der Waals surface area contributed by atoms with Gasteiger partial charge in [-0.1, -0.05) is 18.1 Å². The van der Waals surface area contributed by atoms with Gasteiger partial charge in [0.15, 0.2) is 0 Å². The highest BCUT2D eigenvalue weighted by atomic mass is 19.3. The molecule has 1 aromatic carbocycles. The largest absolute Gasteiger partial charge is 0.434 e. The fraction of sp³-hybridized carbons (Fsp3) is 0.400. The van der Waals surface area contributed by atoms with Crippen molar-refractivity contribution in [2.24, 2.45) is 5.92 Å². The third kappa shape index (κ3) is 3.70. The molecule has 106 valence electrons. The summed E-state index contributed by atoms with van der Waals surface area (Å²) in [5.74, 6) is 2.41. The van der Waals surface area contributed by atoms with Gasteiger partial charge in [0.2, 0.25) is 0 Å². The van der Waals surface area contributed by atoms with Crippen LogP contribution in [0.15, 0.2) is 24.3 Å². The van der Waals surface area contributed by atoms with Gasteiger partial charge in [0.05, 0.1) is 12.1 Å². The average molecular weight is 279 g/mol. The highest BCUT2D eigenvalue weighted by Gasteiger charge is 2.28. The van der Waals surface area contributed by atoms with Crippen molar-refractivity contribution in [3.8, 4) is 18.1 Å². The van der Waals surface area contributed by atoms with Gasteiger partial charge in [-0.3, -0.25) is 4.79 Å². The summed E-state index contributed by atoms with van der Waals surface area (Å²) in [4.78, 5) is 13.9. The first kappa shape index (κ1) is 14.3. The van der Waals surface area contributed by atoms with Crippen molar-refractivity contribution >= 4 is 5.91 Å². The molecule has 0 unspecified atom stereocenters. The monoisotopic (exact) mass is 279 g/mol. The number of benzene rings is 1. The number of para-hydroxylation sites is 1. The van der Waals surface area contributed by atoms with Crippen LogP contribution in [0.1, 0.15) is 23.2 Å². The molecule has 0 N–H and O–H groups in total. The van der Waals surface area contributed by atoms with Crippen LogP contribution in [0.3, 0.4) is 0 Å². The molecular weight excluding hydrogens is 264 g/mol. The van der Waals surface area contributed by atoms with E-state index in [9.17, 15) is 13.6 Å². The summed E-state index contributed by atoms with van der Waals surface area (Å²) in [5, 5.41) is 0. The fourth-order valence-corrected chi connectivity index (χ4v) is 1.95. The molecule has 1 fully saturated rings. The lowest BCUT2D eigenvalue weighted by molar-refractivity contribution is -0.0502. The minimum Gasteiger partial charge on any atom is -0.434 e. The lowest BCUT2D eigenvalue weighted by atomic mass is 10.1.